The fraction of sp³-hybridized carbons (Fsp3) is 0.263. The number of rotatable bonds is 2. The molecule has 5 heteroatoms. The van der Waals surface area contributed by atoms with Crippen LogP contribution in [0.1, 0.15) is 16.1 Å². The molecule has 0 atom stereocenters. The van der Waals surface area contributed by atoms with E-state index in [0.717, 1.165) is 31.8 Å². The first kappa shape index (κ1) is 14.8. The molecule has 0 N–H and O–H groups in total. The molecule has 0 radical (unpaired) electrons. The standard InChI is InChI=1S/C19H20N4O/c1-15-5-7-16(8-6-15)21-10-12-22(13-11-21)19(24)17-14-23-9-3-2-4-18(23)20-17/h2-9,14H,10-13H2,1H3. The average molecular weight is 320 g/mol. The quantitative estimate of drug-likeness (QED) is 0.729. The van der Waals surface area contributed by atoms with E-state index in [4.69, 9.17) is 0 Å². The molecule has 3 heterocycles. The number of hydrogen-bond donors (Lipinski definition) is 0. The maximum absolute atomic E-state index is 12.7. The second-order valence-electron chi connectivity index (χ2n) is 6.21. The monoisotopic (exact) mass is 320 g/mol. The molecular formula is C19H20N4O. The van der Waals surface area contributed by atoms with Gasteiger partial charge < -0.3 is 14.2 Å². The van der Waals surface area contributed by atoms with E-state index in [1.165, 1.54) is 11.3 Å². The molecule has 1 aromatic carbocycles. The number of benzene rings is 1. The van der Waals surface area contributed by atoms with Gasteiger partial charge in [-0.2, -0.15) is 0 Å². The molecule has 1 aliphatic heterocycles. The first-order valence-electron chi connectivity index (χ1n) is 8.25. The molecule has 1 amide bonds. The Kier molecular flexibility index (Phi) is 3.69. The molecule has 4 rings (SSSR count). The van der Waals surface area contributed by atoms with Crippen LogP contribution < -0.4 is 4.90 Å². The second kappa shape index (κ2) is 6.00. The number of carbonyl (C=O) groups excluding carboxylic acids is 1. The molecule has 0 saturated carbocycles. The number of carbonyl (C=O) groups is 1. The molecule has 1 saturated heterocycles. The molecule has 2 aromatic heterocycles. The van der Waals surface area contributed by atoms with Gasteiger partial charge in [-0.15, -0.1) is 0 Å². The number of nitrogens with zero attached hydrogens (tertiary/aromatic N) is 4. The van der Waals surface area contributed by atoms with Crippen molar-refractivity contribution >= 4 is 17.2 Å². The third-order valence-corrected chi connectivity index (χ3v) is 4.55. The van der Waals surface area contributed by atoms with Crippen molar-refractivity contribution in [3.8, 4) is 0 Å². The smallest absolute Gasteiger partial charge is 0.274 e. The minimum atomic E-state index is 0.0160. The van der Waals surface area contributed by atoms with E-state index in [1.54, 1.807) is 0 Å². The van der Waals surface area contributed by atoms with Crippen LogP contribution in [0.2, 0.25) is 0 Å². The van der Waals surface area contributed by atoms with Crippen molar-refractivity contribution in [1.29, 1.82) is 0 Å². The summed E-state index contributed by atoms with van der Waals surface area (Å²) < 4.78 is 1.88. The first-order chi connectivity index (χ1) is 11.7. The fourth-order valence-corrected chi connectivity index (χ4v) is 3.12. The summed E-state index contributed by atoms with van der Waals surface area (Å²) in [4.78, 5) is 21.3. The third-order valence-electron chi connectivity index (χ3n) is 4.55. The summed E-state index contributed by atoms with van der Waals surface area (Å²) >= 11 is 0. The van der Waals surface area contributed by atoms with Crippen LogP contribution in [-0.4, -0.2) is 46.4 Å². The molecule has 3 aromatic rings. The highest BCUT2D eigenvalue weighted by Crippen LogP contribution is 2.18. The highest BCUT2D eigenvalue weighted by Gasteiger charge is 2.24. The second-order valence-corrected chi connectivity index (χ2v) is 6.21. The van der Waals surface area contributed by atoms with Gasteiger partial charge in [0.25, 0.3) is 5.91 Å². The molecule has 0 spiro atoms. The van der Waals surface area contributed by atoms with Gasteiger partial charge in [0, 0.05) is 44.3 Å². The Balaban J connectivity index is 1.45. The molecule has 0 bridgehead atoms. The molecule has 0 aliphatic carbocycles. The van der Waals surface area contributed by atoms with Gasteiger partial charge in [0.15, 0.2) is 0 Å². The van der Waals surface area contributed by atoms with Crippen molar-refractivity contribution in [2.45, 2.75) is 6.92 Å². The number of aromatic nitrogens is 2. The van der Waals surface area contributed by atoms with E-state index < -0.39 is 0 Å². The van der Waals surface area contributed by atoms with Gasteiger partial charge in [-0.3, -0.25) is 4.79 Å². The Hall–Kier alpha value is -2.82. The molecule has 1 aliphatic rings. The van der Waals surface area contributed by atoms with Crippen LogP contribution >= 0.6 is 0 Å². The minimum absolute atomic E-state index is 0.0160. The van der Waals surface area contributed by atoms with Gasteiger partial charge in [0.1, 0.15) is 11.3 Å². The van der Waals surface area contributed by atoms with Crippen molar-refractivity contribution < 1.29 is 4.79 Å². The summed E-state index contributed by atoms with van der Waals surface area (Å²) in [6, 6.07) is 14.3. The summed E-state index contributed by atoms with van der Waals surface area (Å²) in [7, 11) is 0. The molecular weight excluding hydrogens is 300 g/mol. The minimum Gasteiger partial charge on any atom is -0.368 e. The maximum Gasteiger partial charge on any atom is 0.274 e. The summed E-state index contributed by atoms with van der Waals surface area (Å²) in [5.74, 6) is 0.0160. The summed E-state index contributed by atoms with van der Waals surface area (Å²) in [6.45, 7) is 5.24. The van der Waals surface area contributed by atoms with Crippen molar-refractivity contribution in [2.75, 3.05) is 31.1 Å². The lowest BCUT2D eigenvalue weighted by molar-refractivity contribution is 0.0741. The van der Waals surface area contributed by atoms with E-state index in [9.17, 15) is 4.79 Å². The Morgan fingerprint density at radius 3 is 2.46 bits per heavy atom. The number of imidazole rings is 1. The average Bonchev–Trinajstić information content (AvgIpc) is 3.06. The van der Waals surface area contributed by atoms with Crippen LogP contribution in [0.3, 0.4) is 0 Å². The summed E-state index contributed by atoms with van der Waals surface area (Å²) in [5, 5.41) is 0. The zero-order valence-electron chi connectivity index (χ0n) is 13.7. The van der Waals surface area contributed by atoms with E-state index in [0.29, 0.717) is 5.69 Å². The molecule has 122 valence electrons. The van der Waals surface area contributed by atoms with Crippen LogP contribution in [0.4, 0.5) is 5.69 Å². The zero-order valence-corrected chi connectivity index (χ0v) is 13.7. The van der Waals surface area contributed by atoms with Gasteiger partial charge in [0.05, 0.1) is 0 Å². The van der Waals surface area contributed by atoms with Crippen molar-refractivity contribution in [1.82, 2.24) is 14.3 Å². The van der Waals surface area contributed by atoms with Gasteiger partial charge in [-0.1, -0.05) is 23.8 Å². The Morgan fingerprint density at radius 2 is 1.75 bits per heavy atom. The largest absolute Gasteiger partial charge is 0.368 e. The fourth-order valence-electron chi connectivity index (χ4n) is 3.12. The van der Waals surface area contributed by atoms with E-state index in [-0.39, 0.29) is 5.91 Å². The number of fused-ring (bicyclic) bond motifs is 1. The normalized spacial score (nSPS) is 15.0. The van der Waals surface area contributed by atoms with Gasteiger partial charge >= 0.3 is 0 Å². The predicted molar refractivity (Wildman–Crippen MR) is 94.5 cm³/mol. The van der Waals surface area contributed by atoms with Crippen LogP contribution in [0.25, 0.3) is 5.65 Å². The SMILES string of the molecule is Cc1ccc(N2CCN(C(=O)c3cn4ccccc4n3)CC2)cc1. The number of hydrogen-bond acceptors (Lipinski definition) is 3. The number of aryl methyl sites for hydroxylation is 1. The Labute approximate surface area is 141 Å². The number of anilines is 1. The van der Waals surface area contributed by atoms with Gasteiger partial charge in [-0.05, 0) is 31.2 Å². The van der Waals surface area contributed by atoms with Gasteiger partial charge in [-0.25, -0.2) is 4.98 Å². The predicted octanol–water partition coefficient (Wildman–Crippen LogP) is 2.61. The molecule has 24 heavy (non-hydrogen) atoms. The highest BCUT2D eigenvalue weighted by atomic mass is 16.2. The van der Waals surface area contributed by atoms with Crippen molar-refractivity contribution in [3.05, 3.63) is 66.1 Å². The van der Waals surface area contributed by atoms with Crippen LogP contribution in [0, 0.1) is 6.92 Å². The van der Waals surface area contributed by atoms with E-state index in [1.807, 2.05) is 39.9 Å². The Morgan fingerprint density at radius 1 is 1.00 bits per heavy atom. The lowest BCUT2D eigenvalue weighted by Crippen LogP contribution is -2.48. The van der Waals surface area contributed by atoms with Crippen molar-refractivity contribution in [2.24, 2.45) is 0 Å². The molecule has 1 fully saturated rings. The maximum atomic E-state index is 12.7. The van der Waals surface area contributed by atoms with E-state index in [2.05, 4.69) is 41.1 Å². The molecule has 0 unspecified atom stereocenters. The van der Waals surface area contributed by atoms with Crippen LogP contribution in [-0.2, 0) is 0 Å². The number of amides is 1. The Bertz CT molecular complexity index is 827. The highest BCUT2D eigenvalue weighted by molar-refractivity contribution is 5.93. The first-order valence-corrected chi connectivity index (χ1v) is 8.25. The topological polar surface area (TPSA) is 40.9 Å². The summed E-state index contributed by atoms with van der Waals surface area (Å²) in [6.07, 6.45) is 3.72. The third kappa shape index (κ3) is 2.73. The molecule has 5 nitrogen and oxygen atoms in total. The number of pyridine rings is 1. The summed E-state index contributed by atoms with van der Waals surface area (Å²) in [5.41, 5.74) is 3.81. The van der Waals surface area contributed by atoms with Crippen LogP contribution in [0.5, 0.6) is 0 Å². The lowest BCUT2D eigenvalue weighted by Gasteiger charge is -2.35. The zero-order chi connectivity index (χ0) is 16.5. The lowest BCUT2D eigenvalue weighted by atomic mass is 10.2. The number of piperazine rings is 1. The van der Waals surface area contributed by atoms with Gasteiger partial charge in [0.2, 0.25) is 0 Å². The van der Waals surface area contributed by atoms with Crippen molar-refractivity contribution in [3.63, 3.8) is 0 Å². The van der Waals surface area contributed by atoms with E-state index >= 15 is 0 Å². The van der Waals surface area contributed by atoms with Crippen LogP contribution in [0.15, 0.2) is 54.9 Å².